The molecule has 1 aromatic carbocycles. The molecule has 0 saturated carbocycles. The van der Waals surface area contributed by atoms with Crippen molar-refractivity contribution >= 4 is 28.8 Å². The number of anilines is 1. The van der Waals surface area contributed by atoms with Gasteiger partial charge in [-0.3, -0.25) is 9.59 Å². The highest BCUT2D eigenvalue weighted by Gasteiger charge is 2.15. The molecule has 2 N–H and O–H groups in total. The Kier molecular flexibility index (Phi) is 4.92. The molecule has 0 aliphatic heterocycles. The van der Waals surface area contributed by atoms with Gasteiger partial charge in [0.2, 0.25) is 0 Å². The molecule has 0 atom stereocenters. The van der Waals surface area contributed by atoms with Gasteiger partial charge in [-0.15, -0.1) is 11.3 Å². The van der Waals surface area contributed by atoms with E-state index in [1.807, 2.05) is 33.8 Å². The summed E-state index contributed by atoms with van der Waals surface area (Å²) in [6.07, 6.45) is 0. The topological polar surface area (TPSA) is 71.1 Å². The van der Waals surface area contributed by atoms with E-state index in [2.05, 4.69) is 15.6 Å². The number of aryl methyl sites for hydroxylation is 3. The molecule has 0 aliphatic rings. The molecule has 1 heterocycles. The number of rotatable bonds is 4. The van der Waals surface area contributed by atoms with Gasteiger partial charge in [-0.05, 0) is 45.4 Å². The second-order valence-electron chi connectivity index (χ2n) is 4.99. The summed E-state index contributed by atoms with van der Waals surface area (Å²) in [5, 5.41) is 6.47. The highest BCUT2D eigenvalue weighted by molar-refractivity contribution is 7.13. The summed E-state index contributed by atoms with van der Waals surface area (Å²) in [6, 6.07) is 5.27. The minimum Gasteiger partial charge on any atom is -0.352 e. The predicted octanol–water partition coefficient (Wildman–Crippen LogP) is 3.07. The molecular weight excluding hydrogens is 298 g/mol. The Labute approximate surface area is 133 Å². The van der Waals surface area contributed by atoms with Crippen molar-refractivity contribution in [3.05, 3.63) is 44.9 Å². The zero-order valence-corrected chi connectivity index (χ0v) is 13.9. The van der Waals surface area contributed by atoms with Gasteiger partial charge in [-0.1, -0.05) is 6.07 Å². The van der Waals surface area contributed by atoms with Crippen LogP contribution in [0.2, 0.25) is 0 Å². The lowest BCUT2D eigenvalue weighted by Gasteiger charge is -2.10. The molecule has 0 spiro atoms. The second kappa shape index (κ2) is 6.70. The van der Waals surface area contributed by atoms with Crippen molar-refractivity contribution in [2.75, 3.05) is 11.9 Å². The molecule has 0 fully saturated rings. The third kappa shape index (κ3) is 3.51. The number of carbonyl (C=O) groups is 2. The van der Waals surface area contributed by atoms with E-state index in [0.29, 0.717) is 22.7 Å². The fraction of sp³-hybridized carbons (Fsp3) is 0.312. The van der Waals surface area contributed by atoms with Gasteiger partial charge in [-0.2, -0.15) is 0 Å². The van der Waals surface area contributed by atoms with Crippen molar-refractivity contribution in [2.24, 2.45) is 0 Å². The highest BCUT2D eigenvalue weighted by atomic mass is 32.1. The van der Waals surface area contributed by atoms with E-state index in [9.17, 15) is 9.59 Å². The monoisotopic (exact) mass is 317 g/mol. The Bertz CT molecular complexity index is 722. The number of hydrogen-bond donors (Lipinski definition) is 2. The number of nitrogens with zero attached hydrogens (tertiary/aromatic N) is 1. The van der Waals surface area contributed by atoms with Gasteiger partial charge in [0.15, 0.2) is 0 Å². The molecule has 22 heavy (non-hydrogen) atoms. The summed E-state index contributed by atoms with van der Waals surface area (Å²) in [4.78, 5) is 29.1. The Hall–Kier alpha value is -2.21. The number of thiazole rings is 1. The molecule has 2 aromatic rings. The van der Waals surface area contributed by atoms with E-state index in [0.717, 1.165) is 16.3 Å². The molecule has 2 rings (SSSR count). The molecule has 116 valence electrons. The Morgan fingerprint density at radius 3 is 2.50 bits per heavy atom. The Balaban J connectivity index is 2.25. The first-order valence-corrected chi connectivity index (χ1v) is 7.88. The molecule has 1 aromatic heterocycles. The summed E-state index contributed by atoms with van der Waals surface area (Å²) in [7, 11) is 0. The maximum absolute atomic E-state index is 12.4. The first-order chi connectivity index (χ1) is 10.4. The molecule has 0 radical (unpaired) electrons. The molecule has 0 saturated heterocycles. The molecular formula is C16H19N3O2S. The van der Waals surface area contributed by atoms with E-state index in [1.54, 1.807) is 12.1 Å². The Morgan fingerprint density at radius 1 is 1.18 bits per heavy atom. The summed E-state index contributed by atoms with van der Waals surface area (Å²) in [6.45, 7) is 8.01. The highest BCUT2D eigenvalue weighted by Crippen LogP contribution is 2.22. The summed E-state index contributed by atoms with van der Waals surface area (Å²) >= 11 is 1.36. The van der Waals surface area contributed by atoms with Crippen molar-refractivity contribution in [2.45, 2.75) is 27.7 Å². The third-order valence-corrected chi connectivity index (χ3v) is 4.27. The van der Waals surface area contributed by atoms with Crippen molar-refractivity contribution in [3.63, 3.8) is 0 Å². The lowest BCUT2D eigenvalue weighted by Crippen LogP contribution is -2.23. The predicted molar refractivity (Wildman–Crippen MR) is 88.7 cm³/mol. The van der Waals surface area contributed by atoms with Crippen LogP contribution in [0.25, 0.3) is 0 Å². The SMILES string of the molecule is CCNC(=O)c1ccc(C)c(NC(=O)c2sc(C)nc2C)c1. The average Bonchev–Trinajstić information content (AvgIpc) is 2.80. The van der Waals surface area contributed by atoms with Crippen LogP contribution in [0.3, 0.4) is 0 Å². The van der Waals surface area contributed by atoms with Crippen LogP contribution in [-0.2, 0) is 0 Å². The van der Waals surface area contributed by atoms with Crippen LogP contribution in [0.1, 0.15) is 43.2 Å². The van der Waals surface area contributed by atoms with Gasteiger partial charge in [0.1, 0.15) is 4.88 Å². The number of nitrogens with one attached hydrogen (secondary N) is 2. The first-order valence-electron chi connectivity index (χ1n) is 7.06. The van der Waals surface area contributed by atoms with E-state index >= 15 is 0 Å². The maximum Gasteiger partial charge on any atom is 0.267 e. The van der Waals surface area contributed by atoms with Crippen LogP contribution >= 0.6 is 11.3 Å². The number of benzene rings is 1. The van der Waals surface area contributed by atoms with Gasteiger partial charge in [0.05, 0.1) is 10.7 Å². The maximum atomic E-state index is 12.4. The van der Waals surface area contributed by atoms with Crippen LogP contribution < -0.4 is 10.6 Å². The van der Waals surface area contributed by atoms with E-state index in [1.165, 1.54) is 11.3 Å². The van der Waals surface area contributed by atoms with Crippen molar-refractivity contribution in [1.82, 2.24) is 10.3 Å². The fourth-order valence-corrected chi connectivity index (χ4v) is 2.90. The summed E-state index contributed by atoms with van der Waals surface area (Å²) in [5.41, 5.74) is 2.79. The van der Waals surface area contributed by atoms with Crippen LogP contribution in [0.5, 0.6) is 0 Å². The smallest absolute Gasteiger partial charge is 0.267 e. The van der Waals surface area contributed by atoms with Gasteiger partial charge in [-0.25, -0.2) is 4.98 Å². The first kappa shape index (κ1) is 16.2. The summed E-state index contributed by atoms with van der Waals surface area (Å²) < 4.78 is 0. The molecule has 0 bridgehead atoms. The van der Waals surface area contributed by atoms with Crippen molar-refractivity contribution < 1.29 is 9.59 Å². The van der Waals surface area contributed by atoms with Gasteiger partial charge in [0.25, 0.3) is 11.8 Å². The fourth-order valence-electron chi connectivity index (χ4n) is 2.08. The minimum absolute atomic E-state index is 0.150. The molecule has 0 unspecified atom stereocenters. The van der Waals surface area contributed by atoms with Crippen LogP contribution in [-0.4, -0.2) is 23.3 Å². The summed E-state index contributed by atoms with van der Waals surface area (Å²) in [5.74, 6) is -0.345. The molecule has 2 amide bonds. The zero-order valence-electron chi connectivity index (χ0n) is 13.1. The quantitative estimate of drug-likeness (QED) is 0.910. The van der Waals surface area contributed by atoms with E-state index < -0.39 is 0 Å². The molecule has 0 aliphatic carbocycles. The average molecular weight is 317 g/mol. The van der Waals surface area contributed by atoms with Gasteiger partial charge >= 0.3 is 0 Å². The second-order valence-corrected chi connectivity index (χ2v) is 6.19. The largest absolute Gasteiger partial charge is 0.352 e. The van der Waals surface area contributed by atoms with Crippen molar-refractivity contribution in [3.8, 4) is 0 Å². The number of amides is 2. The number of carbonyl (C=O) groups excluding carboxylic acids is 2. The van der Waals surface area contributed by atoms with E-state index in [4.69, 9.17) is 0 Å². The van der Waals surface area contributed by atoms with Gasteiger partial charge in [0, 0.05) is 17.8 Å². The van der Waals surface area contributed by atoms with Gasteiger partial charge < -0.3 is 10.6 Å². The minimum atomic E-state index is -0.195. The van der Waals surface area contributed by atoms with E-state index in [-0.39, 0.29) is 11.8 Å². The molecule has 6 heteroatoms. The Morgan fingerprint density at radius 2 is 1.91 bits per heavy atom. The number of aromatic nitrogens is 1. The third-order valence-electron chi connectivity index (χ3n) is 3.20. The lowest BCUT2D eigenvalue weighted by atomic mass is 10.1. The van der Waals surface area contributed by atoms with Crippen LogP contribution in [0, 0.1) is 20.8 Å². The van der Waals surface area contributed by atoms with Crippen LogP contribution in [0.4, 0.5) is 5.69 Å². The van der Waals surface area contributed by atoms with Crippen LogP contribution in [0.15, 0.2) is 18.2 Å². The molecule has 5 nitrogen and oxygen atoms in total. The lowest BCUT2D eigenvalue weighted by molar-refractivity contribution is 0.0954. The number of hydrogen-bond acceptors (Lipinski definition) is 4. The zero-order chi connectivity index (χ0) is 16.3. The normalized spacial score (nSPS) is 10.4. The standard InChI is InChI=1S/C16H19N3O2S/c1-5-17-15(20)12-7-6-9(2)13(8-12)19-16(21)14-10(3)18-11(4)22-14/h6-8H,5H2,1-4H3,(H,17,20)(H,19,21). The van der Waals surface area contributed by atoms with Crippen molar-refractivity contribution in [1.29, 1.82) is 0 Å².